The largest absolute Gasteiger partial charge is 0.467 e. The molecule has 0 saturated heterocycles. The van der Waals surface area contributed by atoms with Crippen molar-refractivity contribution in [3.63, 3.8) is 0 Å². The molecular formula is C10H16N2O2. The monoisotopic (exact) mass is 196 g/mol. The number of nitrogens with zero attached hydrogens (tertiary/aromatic N) is 1. The van der Waals surface area contributed by atoms with E-state index in [-0.39, 0.29) is 5.97 Å². The molecular weight excluding hydrogens is 180 g/mol. The number of rotatable bonds is 3. The van der Waals surface area contributed by atoms with Gasteiger partial charge in [0, 0.05) is 13.2 Å². The van der Waals surface area contributed by atoms with Crippen LogP contribution in [0.15, 0.2) is 18.3 Å². The molecule has 0 aliphatic rings. The van der Waals surface area contributed by atoms with E-state index in [4.69, 9.17) is 4.74 Å². The highest BCUT2D eigenvalue weighted by Crippen LogP contribution is 2.21. The average Bonchev–Trinajstić information content (AvgIpc) is 2.67. The Morgan fingerprint density at radius 3 is 2.64 bits per heavy atom. The van der Waals surface area contributed by atoms with Crippen LogP contribution in [-0.4, -0.2) is 30.6 Å². The highest BCUT2D eigenvalue weighted by atomic mass is 16.5. The molecule has 0 unspecified atom stereocenters. The van der Waals surface area contributed by atoms with Crippen molar-refractivity contribution in [3.8, 4) is 0 Å². The van der Waals surface area contributed by atoms with E-state index < -0.39 is 5.54 Å². The highest BCUT2D eigenvalue weighted by molar-refractivity contribution is 5.83. The summed E-state index contributed by atoms with van der Waals surface area (Å²) in [7, 11) is 3.25. The van der Waals surface area contributed by atoms with Gasteiger partial charge >= 0.3 is 5.97 Å². The second kappa shape index (κ2) is 3.74. The number of carbonyl (C=O) groups is 1. The molecule has 0 aliphatic heterocycles. The molecule has 0 saturated carbocycles. The first-order valence-electron chi connectivity index (χ1n) is 4.45. The van der Waals surface area contributed by atoms with Crippen LogP contribution in [0.2, 0.25) is 0 Å². The Balaban J connectivity index is 2.88. The Morgan fingerprint density at radius 2 is 2.21 bits per heavy atom. The first-order valence-corrected chi connectivity index (χ1v) is 4.45. The molecule has 1 aromatic rings. The molecule has 0 bridgehead atoms. The second-order valence-electron chi connectivity index (χ2n) is 3.66. The number of carbonyl (C=O) groups excluding carboxylic acids is 1. The van der Waals surface area contributed by atoms with Gasteiger partial charge in [0.05, 0.1) is 7.11 Å². The summed E-state index contributed by atoms with van der Waals surface area (Å²) in [6, 6.07) is 3.80. The van der Waals surface area contributed by atoms with Gasteiger partial charge in [0.25, 0.3) is 0 Å². The standard InChI is InChI=1S/C10H16N2O2/c1-10(2,9(13)14-4)12(3)8-6-5-7-11-8/h5-7,11H,1-4H3. The third-order valence-corrected chi connectivity index (χ3v) is 2.47. The van der Waals surface area contributed by atoms with E-state index in [1.807, 2.05) is 44.1 Å². The Kier molecular flexibility index (Phi) is 2.84. The number of hydrogen-bond acceptors (Lipinski definition) is 3. The lowest BCUT2D eigenvalue weighted by Gasteiger charge is -2.33. The Labute approximate surface area is 83.9 Å². The lowest BCUT2D eigenvalue weighted by Crippen LogP contribution is -2.49. The van der Waals surface area contributed by atoms with E-state index in [9.17, 15) is 4.79 Å². The number of methoxy groups -OCH3 is 1. The molecule has 1 rings (SSSR count). The Hall–Kier alpha value is -1.45. The zero-order valence-electron chi connectivity index (χ0n) is 9.00. The van der Waals surface area contributed by atoms with Crippen molar-refractivity contribution >= 4 is 11.8 Å². The summed E-state index contributed by atoms with van der Waals surface area (Å²) in [5.74, 6) is 0.634. The van der Waals surface area contributed by atoms with Crippen molar-refractivity contribution in [3.05, 3.63) is 18.3 Å². The fourth-order valence-electron chi connectivity index (χ4n) is 1.22. The zero-order chi connectivity index (χ0) is 10.8. The maximum Gasteiger partial charge on any atom is 0.331 e. The summed E-state index contributed by atoms with van der Waals surface area (Å²) in [4.78, 5) is 16.4. The van der Waals surface area contributed by atoms with Gasteiger partial charge in [-0.25, -0.2) is 4.79 Å². The number of H-pyrrole nitrogens is 1. The third kappa shape index (κ3) is 1.73. The first kappa shape index (κ1) is 10.6. The summed E-state index contributed by atoms with van der Waals surface area (Å²) >= 11 is 0. The van der Waals surface area contributed by atoms with Gasteiger partial charge in [0.2, 0.25) is 0 Å². The van der Waals surface area contributed by atoms with E-state index >= 15 is 0 Å². The van der Waals surface area contributed by atoms with Crippen LogP contribution in [0, 0.1) is 0 Å². The lowest BCUT2D eigenvalue weighted by atomic mass is 10.0. The fraction of sp³-hybridized carbons (Fsp3) is 0.500. The Bertz CT molecular complexity index is 304. The minimum Gasteiger partial charge on any atom is -0.467 e. The number of aromatic nitrogens is 1. The summed E-state index contributed by atoms with van der Waals surface area (Å²) in [6.45, 7) is 3.64. The Morgan fingerprint density at radius 1 is 1.57 bits per heavy atom. The molecule has 4 nitrogen and oxygen atoms in total. The number of likely N-dealkylation sites (N-methyl/N-ethyl adjacent to an activating group) is 1. The van der Waals surface area contributed by atoms with Crippen LogP contribution in [0.3, 0.4) is 0 Å². The summed E-state index contributed by atoms with van der Waals surface area (Å²) in [6.07, 6.45) is 1.82. The molecule has 0 atom stereocenters. The van der Waals surface area contributed by atoms with E-state index in [2.05, 4.69) is 4.98 Å². The van der Waals surface area contributed by atoms with Crippen LogP contribution in [0.5, 0.6) is 0 Å². The zero-order valence-corrected chi connectivity index (χ0v) is 9.00. The predicted octanol–water partition coefficient (Wildman–Crippen LogP) is 1.40. The smallest absolute Gasteiger partial charge is 0.331 e. The average molecular weight is 196 g/mol. The van der Waals surface area contributed by atoms with Gasteiger partial charge in [-0.1, -0.05) is 0 Å². The summed E-state index contributed by atoms with van der Waals surface area (Å²) in [5.41, 5.74) is -0.667. The summed E-state index contributed by atoms with van der Waals surface area (Å²) < 4.78 is 4.74. The lowest BCUT2D eigenvalue weighted by molar-refractivity contribution is -0.145. The van der Waals surface area contributed by atoms with Gasteiger partial charge in [-0.2, -0.15) is 0 Å². The minimum absolute atomic E-state index is 0.255. The molecule has 0 amide bonds. The van der Waals surface area contributed by atoms with Crippen LogP contribution in [-0.2, 0) is 9.53 Å². The van der Waals surface area contributed by atoms with Crippen LogP contribution in [0.4, 0.5) is 5.82 Å². The van der Waals surface area contributed by atoms with E-state index in [1.165, 1.54) is 7.11 Å². The molecule has 1 N–H and O–H groups in total. The maximum atomic E-state index is 11.5. The molecule has 4 heteroatoms. The van der Waals surface area contributed by atoms with E-state index in [1.54, 1.807) is 0 Å². The normalized spacial score (nSPS) is 11.1. The first-order chi connectivity index (χ1) is 6.50. The number of aromatic amines is 1. The number of ether oxygens (including phenoxy) is 1. The van der Waals surface area contributed by atoms with Crippen molar-refractivity contribution in [1.82, 2.24) is 4.98 Å². The van der Waals surface area contributed by atoms with Crippen molar-refractivity contribution in [2.45, 2.75) is 19.4 Å². The van der Waals surface area contributed by atoms with Crippen LogP contribution >= 0.6 is 0 Å². The molecule has 14 heavy (non-hydrogen) atoms. The highest BCUT2D eigenvalue weighted by Gasteiger charge is 2.33. The van der Waals surface area contributed by atoms with Crippen molar-refractivity contribution in [1.29, 1.82) is 0 Å². The van der Waals surface area contributed by atoms with Gasteiger partial charge in [0.15, 0.2) is 0 Å². The molecule has 1 aromatic heterocycles. The minimum atomic E-state index is -0.667. The topological polar surface area (TPSA) is 45.3 Å². The van der Waals surface area contributed by atoms with Gasteiger partial charge < -0.3 is 14.6 Å². The van der Waals surface area contributed by atoms with Gasteiger partial charge in [0.1, 0.15) is 11.4 Å². The molecule has 0 fully saturated rings. The molecule has 78 valence electrons. The van der Waals surface area contributed by atoms with Crippen LogP contribution in [0.25, 0.3) is 0 Å². The number of hydrogen-bond donors (Lipinski definition) is 1. The van der Waals surface area contributed by atoms with Crippen molar-refractivity contribution in [2.24, 2.45) is 0 Å². The van der Waals surface area contributed by atoms with Crippen LogP contribution in [0.1, 0.15) is 13.8 Å². The second-order valence-corrected chi connectivity index (χ2v) is 3.66. The molecule has 0 aliphatic carbocycles. The third-order valence-electron chi connectivity index (χ3n) is 2.47. The fourth-order valence-corrected chi connectivity index (χ4v) is 1.22. The molecule has 0 aromatic carbocycles. The number of nitrogens with one attached hydrogen (secondary N) is 1. The molecule has 0 spiro atoms. The SMILES string of the molecule is COC(=O)C(C)(C)N(C)c1ccc[nH]1. The number of anilines is 1. The van der Waals surface area contributed by atoms with Crippen molar-refractivity contribution < 1.29 is 9.53 Å². The predicted molar refractivity (Wildman–Crippen MR) is 55.3 cm³/mol. The number of esters is 1. The maximum absolute atomic E-state index is 11.5. The molecule has 0 radical (unpaired) electrons. The van der Waals surface area contributed by atoms with Gasteiger partial charge in [-0.05, 0) is 26.0 Å². The van der Waals surface area contributed by atoms with Crippen LogP contribution < -0.4 is 4.90 Å². The quantitative estimate of drug-likeness (QED) is 0.743. The summed E-state index contributed by atoms with van der Waals surface area (Å²) in [5, 5.41) is 0. The van der Waals surface area contributed by atoms with E-state index in [0.717, 1.165) is 5.82 Å². The van der Waals surface area contributed by atoms with Gasteiger partial charge in [-0.3, -0.25) is 0 Å². The van der Waals surface area contributed by atoms with Crippen molar-refractivity contribution in [2.75, 3.05) is 19.1 Å². The molecule has 1 heterocycles. The van der Waals surface area contributed by atoms with Gasteiger partial charge in [-0.15, -0.1) is 0 Å². The van der Waals surface area contributed by atoms with E-state index in [0.29, 0.717) is 0 Å².